The Morgan fingerprint density at radius 3 is 2.50 bits per heavy atom. The van der Waals surface area contributed by atoms with Crippen LogP contribution < -0.4 is 5.32 Å². The van der Waals surface area contributed by atoms with Gasteiger partial charge in [0.05, 0.1) is 0 Å². The van der Waals surface area contributed by atoms with E-state index in [4.69, 9.17) is 0 Å². The van der Waals surface area contributed by atoms with E-state index in [9.17, 15) is 8.42 Å². The maximum Gasteiger partial charge on any atom is 0.282 e. The van der Waals surface area contributed by atoms with Crippen LogP contribution in [0.3, 0.4) is 0 Å². The van der Waals surface area contributed by atoms with E-state index >= 15 is 0 Å². The Kier molecular flexibility index (Phi) is 6.55. The van der Waals surface area contributed by atoms with Gasteiger partial charge in [0, 0.05) is 25.7 Å². The van der Waals surface area contributed by atoms with E-state index in [1.165, 1.54) is 0 Å². The number of nitrogens with zero attached hydrogens (tertiary/aromatic N) is 2. The molecule has 5 nitrogen and oxygen atoms in total. The van der Waals surface area contributed by atoms with E-state index < -0.39 is 10.2 Å². The zero-order valence-corrected chi connectivity index (χ0v) is 12.7. The zero-order chi connectivity index (χ0) is 13.6. The van der Waals surface area contributed by atoms with Crippen molar-refractivity contribution in [2.45, 2.75) is 45.6 Å². The van der Waals surface area contributed by atoms with Gasteiger partial charge in [-0.2, -0.15) is 17.0 Å². The molecule has 1 heterocycles. The van der Waals surface area contributed by atoms with Crippen molar-refractivity contribution in [3.8, 4) is 0 Å². The van der Waals surface area contributed by atoms with Crippen LogP contribution in [0.25, 0.3) is 0 Å². The minimum Gasteiger partial charge on any atom is -0.320 e. The summed E-state index contributed by atoms with van der Waals surface area (Å²) in [6.07, 6.45) is 4.01. The maximum absolute atomic E-state index is 12.6. The zero-order valence-electron chi connectivity index (χ0n) is 11.9. The number of piperidine rings is 1. The topological polar surface area (TPSA) is 52.7 Å². The summed E-state index contributed by atoms with van der Waals surface area (Å²) in [6, 6.07) is 0.164. The van der Waals surface area contributed by atoms with Crippen molar-refractivity contribution >= 4 is 10.2 Å². The van der Waals surface area contributed by atoms with Crippen molar-refractivity contribution in [3.63, 3.8) is 0 Å². The Labute approximate surface area is 112 Å². The van der Waals surface area contributed by atoms with Crippen molar-refractivity contribution in [2.24, 2.45) is 0 Å². The van der Waals surface area contributed by atoms with Crippen molar-refractivity contribution in [1.29, 1.82) is 0 Å². The molecule has 0 spiro atoms. The predicted molar refractivity (Wildman–Crippen MR) is 74.7 cm³/mol. The van der Waals surface area contributed by atoms with Crippen LogP contribution in [-0.4, -0.2) is 56.3 Å². The average molecular weight is 277 g/mol. The first-order valence-corrected chi connectivity index (χ1v) is 8.39. The van der Waals surface area contributed by atoms with Crippen LogP contribution >= 0.6 is 0 Å². The van der Waals surface area contributed by atoms with E-state index in [-0.39, 0.29) is 6.04 Å². The number of nitrogens with one attached hydrogen (secondary N) is 1. The van der Waals surface area contributed by atoms with Gasteiger partial charge < -0.3 is 5.32 Å². The fraction of sp³-hybridized carbons (Fsp3) is 1.00. The van der Waals surface area contributed by atoms with Gasteiger partial charge in [-0.05, 0) is 32.9 Å². The number of hydrogen-bond acceptors (Lipinski definition) is 3. The molecule has 0 saturated carbocycles. The number of hydrogen-bond donors (Lipinski definition) is 1. The largest absolute Gasteiger partial charge is 0.320 e. The van der Waals surface area contributed by atoms with Crippen LogP contribution in [0.2, 0.25) is 0 Å². The monoisotopic (exact) mass is 277 g/mol. The predicted octanol–water partition coefficient (Wildman–Crippen LogP) is 1.04. The van der Waals surface area contributed by atoms with Crippen molar-refractivity contribution in [3.05, 3.63) is 0 Å². The van der Waals surface area contributed by atoms with Gasteiger partial charge in [-0.3, -0.25) is 0 Å². The second-order valence-corrected chi connectivity index (χ2v) is 6.63. The summed E-state index contributed by atoms with van der Waals surface area (Å²) in [7, 11) is -1.36. The summed E-state index contributed by atoms with van der Waals surface area (Å²) in [5.41, 5.74) is 0. The van der Waals surface area contributed by atoms with Gasteiger partial charge in [0.15, 0.2) is 0 Å². The molecule has 0 bridgehead atoms. The van der Waals surface area contributed by atoms with Crippen LogP contribution in [-0.2, 0) is 10.2 Å². The second-order valence-electron chi connectivity index (χ2n) is 4.74. The fourth-order valence-corrected chi connectivity index (χ4v) is 4.47. The van der Waals surface area contributed by atoms with Gasteiger partial charge in [0.25, 0.3) is 10.2 Å². The summed E-state index contributed by atoms with van der Waals surface area (Å²) in [6.45, 7) is 6.44. The molecule has 0 radical (unpaired) electrons. The molecule has 0 aromatic rings. The van der Waals surface area contributed by atoms with Gasteiger partial charge in [0.1, 0.15) is 0 Å². The first-order valence-electron chi connectivity index (χ1n) is 6.99. The molecule has 1 aliphatic rings. The molecule has 1 aliphatic heterocycles. The highest BCUT2D eigenvalue weighted by molar-refractivity contribution is 7.86. The van der Waals surface area contributed by atoms with Crippen molar-refractivity contribution in [2.75, 3.05) is 33.2 Å². The lowest BCUT2D eigenvalue weighted by Gasteiger charge is -2.37. The molecule has 1 atom stereocenters. The van der Waals surface area contributed by atoms with Gasteiger partial charge in [-0.25, -0.2) is 0 Å². The number of rotatable bonds is 7. The van der Waals surface area contributed by atoms with E-state index in [2.05, 4.69) is 5.32 Å². The van der Waals surface area contributed by atoms with Gasteiger partial charge >= 0.3 is 0 Å². The standard InChI is InChI=1S/C12H27N3O2S/c1-4-14(5-2)18(16,17)15-11-7-6-8-12(15)9-10-13-3/h12-13H,4-11H2,1-3H3. The van der Waals surface area contributed by atoms with Gasteiger partial charge in [-0.15, -0.1) is 0 Å². The van der Waals surface area contributed by atoms with Crippen LogP contribution in [0.4, 0.5) is 0 Å². The third-order valence-electron chi connectivity index (χ3n) is 3.63. The molecular formula is C12H27N3O2S. The second kappa shape index (κ2) is 7.43. The molecule has 0 aliphatic carbocycles. The maximum atomic E-state index is 12.6. The Morgan fingerprint density at radius 2 is 1.94 bits per heavy atom. The van der Waals surface area contributed by atoms with E-state index in [0.717, 1.165) is 32.2 Å². The molecule has 0 aromatic carbocycles. The third-order valence-corrected chi connectivity index (χ3v) is 5.87. The molecular weight excluding hydrogens is 250 g/mol. The SMILES string of the molecule is CCN(CC)S(=O)(=O)N1CCCCC1CCNC. The fourth-order valence-electron chi connectivity index (χ4n) is 2.58. The normalized spacial score (nSPS) is 22.6. The molecule has 1 saturated heterocycles. The Hall–Kier alpha value is -0.170. The summed E-state index contributed by atoms with van der Waals surface area (Å²) < 4.78 is 28.4. The van der Waals surface area contributed by atoms with Crippen molar-refractivity contribution < 1.29 is 8.42 Å². The van der Waals surface area contributed by atoms with Crippen LogP contribution in [0.15, 0.2) is 0 Å². The Morgan fingerprint density at radius 1 is 1.28 bits per heavy atom. The highest BCUT2D eigenvalue weighted by Gasteiger charge is 2.34. The van der Waals surface area contributed by atoms with Crippen LogP contribution in [0.1, 0.15) is 39.5 Å². The highest BCUT2D eigenvalue weighted by atomic mass is 32.2. The lowest BCUT2D eigenvalue weighted by Crippen LogP contribution is -2.51. The first kappa shape index (κ1) is 15.9. The lowest BCUT2D eigenvalue weighted by atomic mass is 10.0. The lowest BCUT2D eigenvalue weighted by molar-refractivity contribution is 0.223. The minimum absolute atomic E-state index is 0.164. The first-order chi connectivity index (χ1) is 8.57. The van der Waals surface area contributed by atoms with E-state index in [0.29, 0.717) is 19.6 Å². The summed E-state index contributed by atoms with van der Waals surface area (Å²) in [4.78, 5) is 0. The van der Waals surface area contributed by atoms with Crippen LogP contribution in [0.5, 0.6) is 0 Å². The molecule has 1 rings (SSSR count). The molecule has 0 amide bonds. The smallest absolute Gasteiger partial charge is 0.282 e. The molecule has 1 N–H and O–H groups in total. The Balaban J connectivity index is 2.81. The van der Waals surface area contributed by atoms with Gasteiger partial charge in [-0.1, -0.05) is 20.3 Å². The molecule has 108 valence electrons. The van der Waals surface area contributed by atoms with E-state index in [1.807, 2.05) is 20.9 Å². The minimum atomic E-state index is -3.26. The molecule has 0 aromatic heterocycles. The van der Waals surface area contributed by atoms with E-state index in [1.54, 1.807) is 8.61 Å². The summed E-state index contributed by atoms with van der Waals surface area (Å²) in [5.74, 6) is 0. The van der Waals surface area contributed by atoms with Crippen molar-refractivity contribution in [1.82, 2.24) is 13.9 Å². The molecule has 1 unspecified atom stereocenters. The highest BCUT2D eigenvalue weighted by Crippen LogP contribution is 2.24. The summed E-state index contributed by atoms with van der Waals surface area (Å²) in [5, 5.41) is 3.11. The molecule has 6 heteroatoms. The molecule has 1 fully saturated rings. The Bertz CT molecular complexity index is 328. The summed E-state index contributed by atoms with van der Waals surface area (Å²) >= 11 is 0. The third kappa shape index (κ3) is 3.66. The quantitative estimate of drug-likeness (QED) is 0.756. The van der Waals surface area contributed by atoms with Gasteiger partial charge in [0.2, 0.25) is 0 Å². The average Bonchev–Trinajstić information content (AvgIpc) is 2.37. The molecule has 18 heavy (non-hydrogen) atoms. The van der Waals surface area contributed by atoms with Crippen LogP contribution in [0, 0.1) is 0 Å².